The lowest BCUT2D eigenvalue weighted by Gasteiger charge is -2.31. The molecule has 4 heteroatoms. The van der Waals surface area contributed by atoms with Gasteiger partial charge in [0, 0.05) is 13.1 Å². The summed E-state index contributed by atoms with van der Waals surface area (Å²) in [4.78, 5) is 14.7. The number of likely N-dealkylation sites (tertiary alicyclic amines) is 1. The van der Waals surface area contributed by atoms with Gasteiger partial charge in [-0.2, -0.15) is 0 Å². The summed E-state index contributed by atoms with van der Waals surface area (Å²) < 4.78 is 5.54. The van der Waals surface area contributed by atoms with Crippen LogP contribution in [0.25, 0.3) is 0 Å². The molecule has 0 spiro atoms. The van der Waals surface area contributed by atoms with Gasteiger partial charge in [0.2, 0.25) is 5.60 Å². The van der Waals surface area contributed by atoms with E-state index in [1.54, 1.807) is 37.3 Å². The second kappa shape index (κ2) is 6.87. The molecule has 0 radical (unpaired) electrons. The highest BCUT2D eigenvalue weighted by Gasteiger charge is 2.38. The quantitative estimate of drug-likeness (QED) is 0.681. The molecule has 1 atom stereocenters. The molecule has 1 heterocycles. The first-order chi connectivity index (χ1) is 10.1. The van der Waals surface area contributed by atoms with Gasteiger partial charge in [0.1, 0.15) is 6.10 Å². The van der Waals surface area contributed by atoms with Crippen molar-refractivity contribution in [3.05, 3.63) is 48.0 Å². The van der Waals surface area contributed by atoms with Crippen molar-refractivity contribution in [2.24, 2.45) is 0 Å². The molecule has 0 aromatic heterocycles. The van der Waals surface area contributed by atoms with E-state index < -0.39 is 11.6 Å². The van der Waals surface area contributed by atoms with Crippen molar-refractivity contribution in [3.63, 3.8) is 0 Å². The minimum atomic E-state index is -1.71. The normalized spacial score (nSPS) is 20.3. The van der Waals surface area contributed by atoms with Crippen molar-refractivity contribution >= 4 is 5.97 Å². The fraction of sp³-hybridized carbons (Fsp3) is 0.471. The Hall–Kier alpha value is -1.65. The molecule has 1 aromatic carbocycles. The van der Waals surface area contributed by atoms with Crippen LogP contribution in [0.3, 0.4) is 0 Å². The standard InChI is InChI=1S/C17H23NO3/c1-3-11-17(20,14-7-5-4-6-8-14)16(19)21-15-9-12-18(2)13-10-15/h3-8,11,15,20H,9-10,12-13H2,1-2H3/b11-3-. The zero-order valence-corrected chi connectivity index (χ0v) is 12.7. The van der Waals surface area contributed by atoms with Gasteiger partial charge in [-0.15, -0.1) is 0 Å². The van der Waals surface area contributed by atoms with Gasteiger partial charge >= 0.3 is 5.97 Å². The minimum Gasteiger partial charge on any atom is -0.460 e. The fourth-order valence-corrected chi connectivity index (χ4v) is 2.56. The zero-order valence-electron chi connectivity index (χ0n) is 12.7. The highest BCUT2D eigenvalue weighted by atomic mass is 16.6. The maximum atomic E-state index is 12.5. The molecule has 4 nitrogen and oxygen atoms in total. The Kier molecular flexibility index (Phi) is 5.15. The van der Waals surface area contributed by atoms with E-state index in [2.05, 4.69) is 11.9 Å². The molecule has 1 aliphatic rings. The Balaban J connectivity index is 2.13. The van der Waals surface area contributed by atoms with Crippen LogP contribution in [0.2, 0.25) is 0 Å². The average molecular weight is 289 g/mol. The molecule has 21 heavy (non-hydrogen) atoms. The maximum Gasteiger partial charge on any atom is 0.347 e. The number of esters is 1. The molecular weight excluding hydrogens is 266 g/mol. The molecule has 1 N–H and O–H groups in total. The highest BCUT2D eigenvalue weighted by Crippen LogP contribution is 2.26. The third-order valence-electron chi connectivity index (χ3n) is 3.87. The Morgan fingerprint density at radius 3 is 2.52 bits per heavy atom. The monoisotopic (exact) mass is 289 g/mol. The molecule has 2 rings (SSSR count). The lowest BCUT2D eigenvalue weighted by Crippen LogP contribution is -2.41. The van der Waals surface area contributed by atoms with E-state index in [1.165, 1.54) is 6.08 Å². The first-order valence-electron chi connectivity index (χ1n) is 7.37. The van der Waals surface area contributed by atoms with Crippen LogP contribution < -0.4 is 0 Å². The Morgan fingerprint density at radius 2 is 1.95 bits per heavy atom. The van der Waals surface area contributed by atoms with Crippen molar-refractivity contribution in [2.45, 2.75) is 31.5 Å². The molecule has 0 bridgehead atoms. The molecule has 114 valence electrons. The molecule has 0 amide bonds. The summed E-state index contributed by atoms with van der Waals surface area (Å²) in [6.07, 6.45) is 4.66. The van der Waals surface area contributed by atoms with E-state index in [9.17, 15) is 9.90 Å². The molecule has 1 aliphatic heterocycles. The lowest BCUT2D eigenvalue weighted by atomic mass is 9.93. The summed E-state index contributed by atoms with van der Waals surface area (Å²) in [6.45, 7) is 3.59. The predicted molar refractivity (Wildman–Crippen MR) is 81.8 cm³/mol. The number of carbonyl (C=O) groups is 1. The van der Waals surface area contributed by atoms with Crippen molar-refractivity contribution in [3.8, 4) is 0 Å². The number of allylic oxidation sites excluding steroid dienone is 1. The maximum absolute atomic E-state index is 12.5. The molecule has 1 aromatic rings. The minimum absolute atomic E-state index is 0.116. The second-order valence-corrected chi connectivity index (χ2v) is 5.54. The van der Waals surface area contributed by atoms with E-state index in [-0.39, 0.29) is 6.10 Å². The average Bonchev–Trinajstić information content (AvgIpc) is 2.50. The van der Waals surface area contributed by atoms with E-state index in [1.807, 2.05) is 6.07 Å². The number of piperidine rings is 1. The van der Waals surface area contributed by atoms with Crippen LogP contribution >= 0.6 is 0 Å². The van der Waals surface area contributed by atoms with E-state index in [0.717, 1.165) is 25.9 Å². The van der Waals surface area contributed by atoms with Crippen LogP contribution in [0.15, 0.2) is 42.5 Å². The summed E-state index contributed by atoms with van der Waals surface area (Å²) in [5.74, 6) is -0.596. The third-order valence-corrected chi connectivity index (χ3v) is 3.87. The number of hydrogen-bond acceptors (Lipinski definition) is 4. The van der Waals surface area contributed by atoms with Gasteiger partial charge in [0.25, 0.3) is 0 Å². The predicted octanol–water partition coefficient (Wildman–Crippen LogP) is 2.09. The van der Waals surface area contributed by atoms with Crippen molar-refractivity contribution in [1.82, 2.24) is 4.90 Å². The second-order valence-electron chi connectivity index (χ2n) is 5.54. The topological polar surface area (TPSA) is 49.8 Å². The van der Waals surface area contributed by atoms with Crippen molar-refractivity contribution in [2.75, 3.05) is 20.1 Å². The molecule has 0 aliphatic carbocycles. The summed E-state index contributed by atoms with van der Waals surface area (Å²) in [5.41, 5.74) is -1.18. The van der Waals surface area contributed by atoms with Crippen molar-refractivity contribution < 1.29 is 14.6 Å². The van der Waals surface area contributed by atoms with Crippen LogP contribution in [-0.4, -0.2) is 42.2 Å². The Bertz CT molecular complexity index is 492. The third kappa shape index (κ3) is 3.71. The lowest BCUT2D eigenvalue weighted by molar-refractivity contribution is -0.169. The highest BCUT2D eigenvalue weighted by molar-refractivity contribution is 5.83. The van der Waals surface area contributed by atoms with E-state index in [4.69, 9.17) is 4.74 Å². The number of carbonyl (C=O) groups excluding carboxylic acids is 1. The Labute approximate surface area is 126 Å². The van der Waals surface area contributed by atoms with Gasteiger partial charge in [-0.3, -0.25) is 0 Å². The molecule has 1 saturated heterocycles. The largest absolute Gasteiger partial charge is 0.460 e. The van der Waals surface area contributed by atoms with Gasteiger partial charge in [0.15, 0.2) is 0 Å². The number of rotatable bonds is 4. The van der Waals surface area contributed by atoms with E-state index in [0.29, 0.717) is 5.56 Å². The van der Waals surface area contributed by atoms with Crippen LogP contribution in [0.5, 0.6) is 0 Å². The van der Waals surface area contributed by atoms with Crippen LogP contribution in [0, 0.1) is 0 Å². The summed E-state index contributed by atoms with van der Waals surface area (Å²) >= 11 is 0. The van der Waals surface area contributed by atoms with Gasteiger partial charge in [-0.05, 0) is 38.5 Å². The van der Waals surface area contributed by atoms with Gasteiger partial charge in [-0.1, -0.05) is 36.4 Å². The summed E-state index contributed by atoms with van der Waals surface area (Å²) in [7, 11) is 2.05. The number of ether oxygens (including phenoxy) is 1. The first-order valence-corrected chi connectivity index (χ1v) is 7.37. The number of benzene rings is 1. The SMILES string of the molecule is C/C=C\C(O)(C(=O)OC1CCN(C)CC1)c1ccccc1. The zero-order chi connectivity index (χ0) is 15.3. The summed E-state index contributed by atoms with van der Waals surface area (Å²) in [6, 6.07) is 8.91. The van der Waals surface area contributed by atoms with Crippen LogP contribution in [0.4, 0.5) is 0 Å². The van der Waals surface area contributed by atoms with Gasteiger partial charge in [-0.25, -0.2) is 4.79 Å². The smallest absolute Gasteiger partial charge is 0.347 e. The molecule has 1 fully saturated rings. The van der Waals surface area contributed by atoms with Crippen molar-refractivity contribution in [1.29, 1.82) is 0 Å². The van der Waals surface area contributed by atoms with E-state index >= 15 is 0 Å². The number of aliphatic hydroxyl groups is 1. The number of nitrogens with zero attached hydrogens (tertiary/aromatic N) is 1. The van der Waals surface area contributed by atoms with Crippen LogP contribution in [-0.2, 0) is 15.1 Å². The fourth-order valence-electron chi connectivity index (χ4n) is 2.56. The first kappa shape index (κ1) is 15.7. The van der Waals surface area contributed by atoms with Gasteiger partial charge < -0.3 is 14.7 Å². The molecule has 0 saturated carbocycles. The molecule has 1 unspecified atom stereocenters. The summed E-state index contributed by atoms with van der Waals surface area (Å²) in [5, 5.41) is 10.8. The van der Waals surface area contributed by atoms with Crippen LogP contribution in [0.1, 0.15) is 25.3 Å². The van der Waals surface area contributed by atoms with Gasteiger partial charge in [0.05, 0.1) is 0 Å². The molecular formula is C17H23NO3. The number of hydrogen-bond donors (Lipinski definition) is 1. The Morgan fingerprint density at radius 1 is 1.33 bits per heavy atom.